The first-order chi connectivity index (χ1) is 12.6. The third-order valence-electron chi connectivity index (χ3n) is 4.16. The fourth-order valence-corrected chi connectivity index (χ4v) is 3.76. The second-order valence-electron chi connectivity index (χ2n) is 5.81. The summed E-state index contributed by atoms with van der Waals surface area (Å²) in [5.74, 6) is 0.164. The largest absolute Gasteiger partial charge is 0.303 e. The van der Waals surface area contributed by atoms with E-state index in [2.05, 4.69) is 34.3 Å². The number of para-hydroxylation sites is 2. The van der Waals surface area contributed by atoms with Gasteiger partial charge in [0.1, 0.15) is 5.15 Å². The molecule has 0 aliphatic carbocycles. The molecule has 1 N–H and O–H groups in total. The lowest BCUT2D eigenvalue weighted by molar-refractivity contribution is 0.102. The summed E-state index contributed by atoms with van der Waals surface area (Å²) in [7, 11) is 0. The predicted molar refractivity (Wildman–Crippen MR) is 105 cm³/mol. The highest BCUT2D eigenvalue weighted by atomic mass is 35.5. The van der Waals surface area contributed by atoms with Crippen LogP contribution in [0.15, 0.2) is 60.0 Å². The van der Waals surface area contributed by atoms with E-state index in [0.717, 1.165) is 16.6 Å². The molecule has 130 valence electrons. The van der Waals surface area contributed by atoms with Crippen molar-refractivity contribution in [1.82, 2.24) is 14.5 Å². The Labute approximate surface area is 159 Å². The van der Waals surface area contributed by atoms with E-state index in [1.54, 1.807) is 5.38 Å². The lowest BCUT2D eigenvalue weighted by atomic mass is 10.1. The Morgan fingerprint density at radius 2 is 1.85 bits per heavy atom. The van der Waals surface area contributed by atoms with Gasteiger partial charge in [-0.1, -0.05) is 54.1 Å². The van der Waals surface area contributed by atoms with Crippen LogP contribution in [-0.2, 0) is 0 Å². The zero-order valence-corrected chi connectivity index (χ0v) is 15.5. The summed E-state index contributed by atoms with van der Waals surface area (Å²) in [5, 5.41) is 5.13. The molecule has 0 bridgehead atoms. The molecular weight excluding hydrogens is 368 g/mol. The second-order valence-corrected chi connectivity index (χ2v) is 7.06. The molecule has 2 aromatic heterocycles. The van der Waals surface area contributed by atoms with E-state index in [9.17, 15) is 4.79 Å². The number of fused-ring (bicyclic) bond motifs is 1. The van der Waals surface area contributed by atoms with Crippen molar-refractivity contribution in [3.63, 3.8) is 0 Å². The maximum Gasteiger partial charge on any atom is 0.287 e. The Morgan fingerprint density at radius 1 is 1.12 bits per heavy atom. The van der Waals surface area contributed by atoms with Crippen LogP contribution in [0.2, 0.25) is 5.15 Å². The van der Waals surface area contributed by atoms with Crippen LogP contribution in [0.1, 0.15) is 28.3 Å². The molecule has 0 saturated carbocycles. The summed E-state index contributed by atoms with van der Waals surface area (Å²) in [6, 6.07) is 17.9. The molecule has 2 aromatic carbocycles. The van der Waals surface area contributed by atoms with E-state index in [1.807, 2.05) is 47.0 Å². The maximum atomic E-state index is 12.5. The molecule has 0 aliphatic rings. The number of rotatable bonds is 4. The number of amides is 1. The van der Waals surface area contributed by atoms with Crippen LogP contribution in [0, 0.1) is 0 Å². The monoisotopic (exact) mass is 382 g/mol. The fraction of sp³-hybridized carbons (Fsp3) is 0.105. The highest BCUT2D eigenvalue weighted by molar-refractivity contribution is 7.12. The van der Waals surface area contributed by atoms with Gasteiger partial charge < -0.3 is 4.57 Å². The van der Waals surface area contributed by atoms with Gasteiger partial charge in [0, 0.05) is 5.38 Å². The van der Waals surface area contributed by atoms with Crippen molar-refractivity contribution in [2.24, 2.45) is 0 Å². The second kappa shape index (κ2) is 6.90. The number of hydrogen-bond acceptors (Lipinski definition) is 4. The molecule has 0 unspecified atom stereocenters. The van der Waals surface area contributed by atoms with Gasteiger partial charge >= 0.3 is 0 Å². The third kappa shape index (κ3) is 3.09. The first-order valence-electron chi connectivity index (χ1n) is 8.08. The van der Waals surface area contributed by atoms with E-state index < -0.39 is 0 Å². The summed E-state index contributed by atoms with van der Waals surface area (Å²) < 4.78 is 2.03. The van der Waals surface area contributed by atoms with Gasteiger partial charge in [-0.25, -0.2) is 9.97 Å². The number of carbonyl (C=O) groups is 1. The standard InChI is InChI=1S/C19H15ClN4OS/c1-12(13-7-3-2-4-8-13)24-15-10-6-5-9-14(15)21-19(24)23-17(25)18-22-16(20)11-26-18/h2-12H,1H3,(H,21,23,25)/t12-/m0/s1. The van der Waals surface area contributed by atoms with Crippen LogP contribution < -0.4 is 5.32 Å². The van der Waals surface area contributed by atoms with E-state index in [0.29, 0.717) is 16.1 Å². The molecule has 0 saturated heterocycles. The van der Waals surface area contributed by atoms with Crippen molar-refractivity contribution in [2.75, 3.05) is 5.32 Å². The number of aromatic nitrogens is 3. The molecule has 7 heteroatoms. The van der Waals surface area contributed by atoms with Gasteiger partial charge in [-0.05, 0) is 24.6 Å². The number of benzene rings is 2. The number of carbonyl (C=O) groups excluding carboxylic acids is 1. The van der Waals surface area contributed by atoms with E-state index >= 15 is 0 Å². The Hall–Kier alpha value is -2.70. The average molecular weight is 383 g/mol. The number of nitrogens with zero attached hydrogens (tertiary/aromatic N) is 3. The summed E-state index contributed by atoms with van der Waals surface area (Å²) >= 11 is 7.03. The van der Waals surface area contributed by atoms with Crippen molar-refractivity contribution in [3.05, 3.63) is 75.7 Å². The maximum absolute atomic E-state index is 12.5. The van der Waals surface area contributed by atoms with Crippen LogP contribution in [0.25, 0.3) is 11.0 Å². The fourth-order valence-electron chi connectivity index (χ4n) is 2.92. The smallest absolute Gasteiger partial charge is 0.287 e. The minimum absolute atomic E-state index is 0.00113. The molecule has 1 amide bonds. The number of thiazole rings is 1. The summed E-state index contributed by atoms with van der Waals surface area (Å²) in [5.41, 5.74) is 2.91. The van der Waals surface area contributed by atoms with Crippen molar-refractivity contribution >= 4 is 45.8 Å². The zero-order valence-electron chi connectivity index (χ0n) is 13.9. The third-order valence-corrected chi connectivity index (χ3v) is 5.32. The van der Waals surface area contributed by atoms with Crippen LogP contribution >= 0.6 is 22.9 Å². The molecule has 4 rings (SSSR count). The number of anilines is 1. The topological polar surface area (TPSA) is 59.8 Å². The molecule has 4 aromatic rings. The molecule has 0 fully saturated rings. The van der Waals surface area contributed by atoms with Gasteiger partial charge in [0.2, 0.25) is 5.95 Å². The molecule has 5 nitrogen and oxygen atoms in total. The van der Waals surface area contributed by atoms with Gasteiger partial charge in [-0.2, -0.15) is 0 Å². The molecule has 2 heterocycles. The number of imidazole rings is 1. The highest BCUT2D eigenvalue weighted by Gasteiger charge is 2.20. The quantitative estimate of drug-likeness (QED) is 0.539. The lowest BCUT2D eigenvalue weighted by Gasteiger charge is -2.18. The SMILES string of the molecule is C[C@@H](c1ccccc1)n1c(NC(=O)c2nc(Cl)cs2)nc2ccccc21. The summed E-state index contributed by atoms with van der Waals surface area (Å²) in [4.78, 5) is 21.2. The minimum atomic E-state index is -0.321. The lowest BCUT2D eigenvalue weighted by Crippen LogP contribution is -2.18. The normalized spacial score (nSPS) is 12.2. The van der Waals surface area contributed by atoms with Gasteiger partial charge in [0.25, 0.3) is 5.91 Å². The first kappa shape index (κ1) is 16.8. The van der Waals surface area contributed by atoms with Crippen molar-refractivity contribution < 1.29 is 4.79 Å². The number of nitrogens with one attached hydrogen (secondary N) is 1. The molecule has 0 spiro atoms. The van der Waals surface area contributed by atoms with Crippen LogP contribution in [-0.4, -0.2) is 20.4 Å². The molecule has 0 radical (unpaired) electrons. The number of halogens is 1. The van der Waals surface area contributed by atoms with E-state index in [4.69, 9.17) is 11.6 Å². The highest BCUT2D eigenvalue weighted by Crippen LogP contribution is 2.29. The van der Waals surface area contributed by atoms with Crippen molar-refractivity contribution in [1.29, 1.82) is 0 Å². The molecule has 0 aliphatic heterocycles. The Balaban J connectivity index is 1.78. The van der Waals surface area contributed by atoms with E-state index in [-0.39, 0.29) is 11.9 Å². The molecule has 1 atom stereocenters. The summed E-state index contributed by atoms with van der Waals surface area (Å²) in [6.07, 6.45) is 0. The Kier molecular flexibility index (Phi) is 4.44. The van der Waals surface area contributed by atoms with Gasteiger partial charge in [0.15, 0.2) is 5.01 Å². The molecular formula is C19H15ClN4OS. The summed E-state index contributed by atoms with van der Waals surface area (Å²) in [6.45, 7) is 2.08. The average Bonchev–Trinajstić information content (AvgIpc) is 3.25. The van der Waals surface area contributed by atoms with Crippen LogP contribution in [0.4, 0.5) is 5.95 Å². The van der Waals surface area contributed by atoms with Gasteiger partial charge in [0.05, 0.1) is 17.1 Å². The van der Waals surface area contributed by atoms with E-state index in [1.165, 1.54) is 11.3 Å². The van der Waals surface area contributed by atoms with Gasteiger partial charge in [-0.15, -0.1) is 11.3 Å². The predicted octanol–water partition coefficient (Wildman–Crippen LogP) is 5.01. The van der Waals surface area contributed by atoms with Crippen molar-refractivity contribution in [2.45, 2.75) is 13.0 Å². The first-order valence-corrected chi connectivity index (χ1v) is 9.33. The Bertz CT molecular complexity index is 1070. The Morgan fingerprint density at radius 3 is 2.58 bits per heavy atom. The van der Waals surface area contributed by atoms with Gasteiger partial charge in [-0.3, -0.25) is 10.1 Å². The zero-order chi connectivity index (χ0) is 18.1. The number of hydrogen-bond donors (Lipinski definition) is 1. The van der Waals surface area contributed by atoms with Crippen LogP contribution in [0.5, 0.6) is 0 Å². The van der Waals surface area contributed by atoms with Crippen LogP contribution in [0.3, 0.4) is 0 Å². The minimum Gasteiger partial charge on any atom is -0.303 e. The van der Waals surface area contributed by atoms with Crippen molar-refractivity contribution in [3.8, 4) is 0 Å². The molecule has 26 heavy (non-hydrogen) atoms.